The molecule has 0 spiro atoms. The van der Waals surface area contributed by atoms with Gasteiger partial charge in [0.05, 0.1) is 0 Å². The van der Waals surface area contributed by atoms with Crippen LogP contribution in [0.3, 0.4) is 0 Å². The quantitative estimate of drug-likeness (QED) is 0.0428. The molecule has 2 heteroatoms. The van der Waals surface area contributed by atoms with Gasteiger partial charge in [0.2, 0.25) is 0 Å². The molecule has 4 rings (SSSR count). The van der Waals surface area contributed by atoms with Crippen LogP contribution in [0.5, 0.6) is 0 Å². The van der Waals surface area contributed by atoms with Crippen molar-refractivity contribution in [2.45, 2.75) is 194 Å². The number of unbranched alkanes of at least 4 members (excludes halogenated alkanes) is 18. The van der Waals surface area contributed by atoms with Crippen LogP contribution in [-0.4, -0.2) is 0 Å². The van der Waals surface area contributed by atoms with Crippen molar-refractivity contribution in [1.82, 2.24) is 0 Å². The smallest absolute Gasteiger partial charge is 0.0316 e. The molecular weight excluding hydrogens is 677 g/mol. The van der Waals surface area contributed by atoms with E-state index >= 15 is 0 Å². The van der Waals surface area contributed by atoms with Gasteiger partial charge in [0.1, 0.15) is 0 Å². The molecule has 4 aromatic rings. The van der Waals surface area contributed by atoms with Crippen LogP contribution >= 0.6 is 0 Å². The highest BCUT2D eigenvalue weighted by Gasteiger charge is 2.18. The standard InChI is InChI=1S/C54H80N2/c1-5-7-9-11-13-15-17-19-21-23-25-53(51-39-37-49(55)41-43(51)3)47-33-29-45(30-34-47)27-28-46-31-35-48(36-32-46)54(52-40-38-50(56)42-44(52)4)26-24-22-20-18-16-14-12-10-8-6-2/h29-42,53-54H,5-28,55-56H2,1-4H3. The Morgan fingerprint density at radius 2 is 0.679 bits per heavy atom. The van der Waals surface area contributed by atoms with Crippen LogP contribution in [0.1, 0.15) is 211 Å². The fourth-order valence-electron chi connectivity index (χ4n) is 8.98. The van der Waals surface area contributed by atoms with Crippen LogP contribution in [0.4, 0.5) is 11.4 Å². The lowest BCUT2D eigenvalue weighted by atomic mass is 9.83. The number of rotatable bonds is 29. The molecule has 0 fully saturated rings. The van der Waals surface area contributed by atoms with E-state index in [2.05, 4.69) is 113 Å². The second kappa shape index (κ2) is 26.4. The Morgan fingerprint density at radius 3 is 0.982 bits per heavy atom. The van der Waals surface area contributed by atoms with Crippen molar-refractivity contribution in [2.75, 3.05) is 11.5 Å². The molecule has 2 atom stereocenters. The Morgan fingerprint density at radius 1 is 0.375 bits per heavy atom. The zero-order valence-corrected chi connectivity index (χ0v) is 36.4. The summed E-state index contributed by atoms with van der Waals surface area (Å²) in [5, 5.41) is 0. The fraction of sp³-hybridized carbons (Fsp3) is 0.556. The molecule has 4 N–H and O–H groups in total. The highest BCUT2D eigenvalue weighted by molar-refractivity contribution is 5.49. The van der Waals surface area contributed by atoms with Gasteiger partial charge in [0.15, 0.2) is 0 Å². The van der Waals surface area contributed by atoms with Gasteiger partial charge in [-0.05, 0) is 108 Å². The molecule has 56 heavy (non-hydrogen) atoms. The van der Waals surface area contributed by atoms with Gasteiger partial charge in [0, 0.05) is 23.2 Å². The first-order valence-electron chi connectivity index (χ1n) is 23.3. The molecule has 0 amide bonds. The van der Waals surface area contributed by atoms with Crippen molar-refractivity contribution in [2.24, 2.45) is 0 Å². The number of aryl methyl sites for hydroxylation is 4. The minimum atomic E-state index is 0.421. The molecule has 0 heterocycles. The van der Waals surface area contributed by atoms with Gasteiger partial charge >= 0.3 is 0 Å². The summed E-state index contributed by atoms with van der Waals surface area (Å²) in [6, 6.07) is 32.2. The molecule has 0 aliphatic heterocycles. The van der Waals surface area contributed by atoms with Crippen molar-refractivity contribution in [1.29, 1.82) is 0 Å². The van der Waals surface area contributed by atoms with Gasteiger partial charge in [-0.2, -0.15) is 0 Å². The summed E-state index contributed by atoms with van der Waals surface area (Å²) in [5.74, 6) is 0.841. The number of nitrogens with two attached hydrogens (primary N) is 2. The van der Waals surface area contributed by atoms with Crippen LogP contribution in [-0.2, 0) is 12.8 Å². The summed E-state index contributed by atoms with van der Waals surface area (Å²) in [4.78, 5) is 0. The van der Waals surface area contributed by atoms with E-state index in [4.69, 9.17) is 11.5 Å². The maximum atomic E-state index is 6.18. The van der Waals surface area contributed by atoms with Crippen LogP contribution < -0.4 is 11.5 Å². The third-order valence-electron chi connectivity index (χ3n) is 12.5. The molecule has 306 valence electrons. The summed E-state index contributed by atoms with van der Waals surface area (Å²) < 4.78 is 0. The second-order valence-corrected chi connectivity index (χ2v) is 17.3. The van der Waals surface area contributed by atoms with Crippen molar-refractivity contribution < 1.29 is 0 Å². The molecular formula is C54H80N2. The molecule has 0 saturated carbocycles. The van der Waals surface area contributed by atoms with Gasteiger partial charge in [-0.3, -0.25) is 0 Å². The van der Waals surface area contributed by atoms with E-state index in [0.29, 0.717) is 11.8 Å². The average molecular weight is 757 g/mol. The first kappa shape index (κ1) is 45.2. The van der Waals surface area contributed by atoms with E-state index in [-0.39, 0.29) is 0 Å². The number of hydrogen-bond acceptors (Lipinski definition) is 2. The highest BCUT2D eigenvalue weighted by Crippen LogP contribution is 2.35. The van der Waals surface area contributed by atoms with E-state index in [9.17, 15) is 0 Å². The maximum Gasteiger partial charge on any atom is 0.0316 e. The van der Waals surface area contributed by atoms with Gasteiger partial charge in [-0.15, -0.1) is 0 Å². The SMILES string of the molecule is CCCCCCCCCCCCC(c1ccc(CCc2ccc(C(CCCCCCCCCCCC)c3ccc(N)cc3C)cc2)cc1)c1ccc(N)cc1C. The van der Waals surface area contributed by atoms with Gasteiger partial charge in [-0.1, -0.05) is 203 Å². The highest BCUT2D eigenvalue weighted by atomic mass is 14.5. The maximum absolute atomic E-state index is 6.18. The monoisotopic (exact) mass is 757 g/mol. The van der Waals surface area contributed by atoms with E-state index in [1.165, 1.54) is 186 Å². The molecule has 0 radical (unpaired) electrons. The summed E-state index contributed by atoms with van der Waals surface area (Å²) in [6.07, 6.45) is 32.0. The molecule has 0 bridgehead atoms. The molecule has 2 nitrogen and oxygen atoms in total. The molecule has 4 aromatic carbocycles. The third-order valence-corrected chi connectivity index (χ3v) is 12.5. The minimum absolute atomic E-state index is 0.421. The Balaban J connectivity index is 1.31. The molecule has 0 aliphatic carbocycles. The van der Waals surface area contributed by atoms with Gasteiger partial charge in [-0.25, -0.2) is 0 Å². The van der Waals surface area contributed by atoms with E-state index in [1.807, 2.05) is 0 Å². The van der Waals surface area contributed by atoms with E-state index in [1.54, 1.807) is 0 Å². The predicted molar refractivity (Wildman–Crippen MR) is 248 cm³/mol. The van der Waals surface area contributed by atoms with Crippen LogP contribution in [0.15, 0.2) is 84.9 Å². The van der Waals surface area contributed by atoms with Crippen molar-refractivity contribution in [3.05, 3.63) is 129 Å². The summed E-state index contributed by atoms with van der Waals surface area (Å²) in [6.45, 7) is 9.06. The molecule has 2 unspecified atom stereocenters. The van der Waals surface area contributed by atoms with Gasteiger partial charge in [0.25, 0.3) is 0 Å². The van der Waals surface area contributed by atoms with E-state index < -0.39 is 0 Å². The normalized spacial score (nSPS) is 12.6. The Labute approximate surface area is 344 Å². The van der Waals surface area contributed by atoms with Crippen LogP contribution in [0, 0.1) is 13.8 Å². The van der Waals surface area contributed by atoms with Crippen LogP contribution in [0.2, 0.25) is 0 Å². The first-order valence-corrected chi connectivity index (χ1v) is 23.3. The van der Waals surface area contributed by atoms with Crippen molar-refractivity contribution in [3.63, 3.8) is 0 Å². The zero-order valence-electron chi connectivity index (χ0n) is 36.4. The lowest BCUT2D eigenvalue weighted by molar-refractivity contribution is 0.540. The molecule has 0 aliphatic rings. The summed E-state index contributed by atoms with van der Waals surface area (Å²) in [7, 11) is 0. The Bertz CT molecular complexity index is 1490. The predicted octanol–water partition coefficient (Wildman–Crippen LogP) is 16.1. The fourth-order valence-corrected chi connectivity index (χ4v) is 8.98. The van der Waals surface area contributed by atoms with Crippen molar-refractivity contribution in [3.8, 4) is 0 Å². The Kier molecular flexibility index (Phi) is 21.3. The summed E-state index contributed by atoms with van der Waals surface area (Å²) in [5.41, 5.74) is 25.3. The number of nitrogen functional groups attached to an aromatic ring is 2. The third kappa shape index (κ3) is 16.1. The van der Waals surface area contributed by atoms with Crippen LogP contribution in [0.25, 0.3) is 0 Å². The zero-order chi connectivity index (χ0) is 39.8. The van der Waals surface area contributed by atoms with Crippen molar-refractivity contribution >= 4 is 11.4 Å². The number of hydrogen-bond donors (Lipinski definition) is 2. The second-order valence-electron chi connectivity index (χ2n) is 17.3. The number of benzene rings is 4. The van der Waals surface area contributed by atoms with Gasteiger partial charge < -0.3 is 11.5 Å². The largest absolute Gasteiger partial charge is 0.399 e. The van der Waals surface area contributed by atoms with E-state index in [0.717, 1.165) is 24.2 Å². The number of anilines is 2. The Hall–Kier alpha value is -3.52. The first-order chi connectivity index (χ1) is 27.4. The average Bonchev–Trinajstić information content (AvgIpc) is 3.20. The molecule has 0 saturated heterocycles. The summed E-state index contributed by atoms with van der Waals surface area (Å²) >= 11 is 0. The lowest BCUT2D eigenvalue weighted by Crippen LogP contribution is -2.05. The lowest BCUT2D eigenvalue weighted by Gasteiger charge is -2.21. The minimum Gasteiger partial charge on any atom is -0.399 e. The molecule has 0 aromatic heterocycles. The topological polar surface area (TPSA) is 52.0 Å².